The summed E-state index contributed by atoms with van der Waals surface area (Å²) in [5.74, 6) is 0.536. The van der Waals surface area contributed by atoms with Crippen molar-refractivity contribution in [1.82, 2.24) is 0 Å². The highest BCUT2D eigenvalue weighted by Crippen LogP contribution is 2.32. The first kappa shape index (κ1) is 18.3. The summed E-state index contributed by atoms with van der Waals surface area (Å²) < 4.78 is 15.1. The van der Waals surface area contributed by atoms with E-state index >= 15 is 0 Å². The van der Waals surface area contributed by atoms with E-state index in [4.69, 9.17) is 19.9 Å². The van der Waals surface area contributed by atoms with Crippen LogP contribution in [0.5, 0.6) is 11.5 Å². The van der Waals surface area contributed by atoms with Crippen molar-refractivity contribution >= 4 is 11.9 Å². The summed E-state index contributed by atoms with van der Waals surface area (Å²) in [5, 5.41) is 0. The first-order valence-corrected chi connectivity index (χ1v) is 8.03. The first-order chi connectivity index (χ1) is 12.1. The Hall–Kier alpha value is -3.02. The van der Waals surface area contributed by atoms with Gasteiger partial charge in [0.05, 0.1) is 12.2 Å². The van der Waals surface area contributed by atoms with Gasteiger partial charge in [-0.15, -0.1) is 0 Å². The molecule has 0 aliphatic carbocycles. The van der Waals surface area contributed by atoms with Crippen LogP contribution in [-0.4, -0.2) is 25.3 Å². The smallest absolute Gasteiger partial charge is 0.338 e. The van der Waals surface area contributed by atoms with Gasteiger partial charge in [-0.05, 0) is 36.8 Å². The summed E-state index contributed by atoms with van der Waals surface area (Å²) in [7, 11) is 0. The van der Waals surface area contributed by atoms with E-state index in [1.165, 1.54) is 0 Å². The van der Waals surface area contributed by atoms with Gasteiger partial charge in [0.25, 0.3) is 0 Å². The molecule has 6 heteroatoms. The molecule has 1 heterocycles. The second-order valence-corrected chi connectivity index (χ2v) is 5.29. The molecule has 1 amide bonds. The Balaban J connectivity index is 0.000000181. The molecule has 0 radical (unpaired) electrons. The highest BCUT2D eigenvalue weighted by molar-refractivity contribution is 5.93. The molecule has 3 rings (SSSR count). The van der Waals surface area contributed by atoms with Crippen LogP contribution in [-0.2, 0) is 4.74 Å². The lowest BCUT2D eigenvalue weighted by Gasteiger charge is -2.02. The molecule has 2 N–H and O–H groups in total. The predicted octanol–water partition coefficient (Wildman–Crippen LogP) is 3.16. The average molecular weight is 343 g/mol. The zero-order valence-corrected chi connectivity index (χ0v) is 14.1. The van der Waals surface area contributed by atoms with Crippen molar-refractivity contribution in [2.75, 3.05) is 13.4 Å². The molecule has 6 nitrogen and oxygen atoms in total. The molecule has 1 aliphatic heterocycles. The number of esters is 1. The molecule has 0 aromatic heterocycles. The summed E-state index contributed by atoms with van der Waals surface area (Å²) >= 11 is 0. The van der Waals surface area contributed by atoms with Crippen molar-refractivity contribution < 1.29 is 23.8 Å². The zero-order chi connectivity index (χ0) is 18.1. The van der Waals surface area contributed by atoms with Crippen LogP contribution in [0.15, 0.2) is 48.5 Å². The third-order valence-electron chi connectivity index (χ3n) is 3.40. The van der Waals surface area contributed by atoms with E-state index in [0.717, 1.165) is 12.8 Å². The van der Waals surface area contributed by atoms with E-state index in [9.17, 15) is 9.59 Å². The molecular weight excluding hydrogens is 322 g/mol. The molecule has 0 spiro atoms. The number of rotatable bonds is 5. The van der Waals surface area contributed by atoms with Gasteiger partial charge in [0, 0.05) is 5.56 Å². The van der Waals surface area contributed by atoms with Gasteiger partial charge in [-0.2, -0.15) is 0 Å². The normalized spacial score (nSPS) is 11.2. The van der Waals surface area contributed by atoms with Crippen molar-refractivity contribution in [3.63, 3.8) is 0 Å². The molecule has 2 aromatic carbocycles. The van der Waals surface area contributed by atoms with Crippen LogP contribution in [0.2, 0.25) is 0 Å². The maximum atomic E-state index is 11.3. The lowest BCUT2D eigenvalue weighted by Crippen LogP contribution is -2.10. The molecule has 0 saturated carbocycles. The van der Waals surface area contributed by atoms with Crippen molar-refractivity contribution in [3.8, 4) is 11.5 Å². The van der Waals surface area contributed by atoms with Crippen LogP contribution in [0.3, 0.4) is 0 Å². The number of nitrogens with two attached hydrogens (primary N) is 1. The predicted molar refractivity (Wildman–Crippen MR) is 92.7 cm³/mol. The van der Waals surface area contributed by atoms with Crippen LogP contribution in [0.4, 0.5) is 0 Å². The largest absolute Gasteiger partial charge is 0.462 e. The minimum absolute atomic E-state index is 0.206. The van der Waals surface area contributed by atoms with Crippen molar-refractivity contribution in [2.24, 2.45) is 5.73 Å². The van der Waals surface area contributed by atoms with Gasteiger partial charge in [0.15, 0.2) is 11.5 Å². The van der Waals surface area contributed by atoms with E-state index in [0.29, 0.717) is 29.2 Å². The van der Waals surface area contributed by atoms with Crippen LogP contribution in [0.1, 0.15) is 40.5 Å². The maximum absolute atomic E-state index is 11.3. The van der Waals surface area contributed by atoms with Gasteiger partial charge < -0.3 is 19.9 Å². The molecule has 0 bridgehead atoms. The Morgan fingerprint density at radius 2 is 1.76 bits per heavy atom. The second-order valence-electron chi connectivity index (χ2n) is 5.29. The Morgan fingerprint density at radius 1 is 1.04 bits per heavy atom. The first-order valence-electron chi connectivity index (χ1n) is 8.03. The van der Waals surface area contributed by atoms with Gasteiger partial charge in [-0.3, -0.25) is 4.79 Å². The topological polar surface area (TPSA) is 87.9 Å². The van der Waals surface area contributed by atoms with E-state index < -0.39 is 5.91 Å². The van der Waals surface area contributed by atoms with Gasteiger partial charge in [-0.1, -0.05) is 31.5 Å². The fourth-order valence-electron chi connectivity index (χ4n) is 2.02. The standard InChI is InChI=1S/C11H14O2.C8H7NO3/c1-2-3-9-13-11(12)10-7-5-4-6-8-10;9-8(10)5-1-2-6-7(3-5)12-4-11-6/h4-8H,2-3,9H2,1H3;1-3H,4H2,(H2,9,10). The summed E-state index contributed by atoms with van der Waals surface area (Å²) in [6.45, 7) is 2.79. The van der Waals surface area contributed by atoms with E-state index in [2.05, 4.69) is 6.92 Å². The molecule has 0 saturated heterocycles. The molecule has 1 aliphatic rings. The number of fused-ring (bicyclic) bond motifs is 1. The number of unbranched alkanes of at least 4 members (excludes halogenated alkanes) is 1. The molecule has 2 aromatic rings. The van der Waals surface area contributed by atoms with Crippen LogP contribution in [0.25, 0.3) is 0 Å². The molecule has 25 heavy (non-hydrogen) atoms. The zero-order valence-electron chi connectivity index (χ0n) is 14.1. The number of benzene rings is 2. The molecular formula is C19H21NO5. The third-order valence-corrected chi connectivity index (χ3v) is 3.40. The molecule has 132 valence electrons. The summed E-state index contributed by atoms with van der Waals surface area (Å²) in [4.78, 5) is 22.0. The van der Waals surface area contributed by atoms with Crippen molar-refractivity contribution in [3.05, 3.63) is 59.7 Å². The molecule has 0 atom stereocenters. The molecule has 0 unspecified atom stereocenters. The highest BCUT2D eigenvalue weighted by atomic mass is 16.7. The van der Waals surface area contributed by atoms with E-state index in [1.807, 2.05) is 18.2 Å². The van der Waals surface area contributed by atoms with Gasteiger partial charge in [0.2, 0.25) is 12.7 Å². The molecule has 0 fully saturated rings. The Morgan fingerprint density at radius 3 is 2.44 bits per heavy atom. The Kier molecular flexibility index (Phi) is 6.83. The SMILES string of the molecule is CCCCOC(=O)c1ccccc1.NC(=O)c1ccc2c(c1)OCO2. The quantitative estimate of drug-likeness (QED) is 0.665. The number of carbonyl (C=O) groups excluding carboxylic acids is 2. The number of amides is 1. The Bertz CT molecular complexity index is 715. The lowest BCUT2D eigenvalue weighted by molar-refractivity contribution is 0.0499. The number of hydrogen-bond donors (Lipinski definition) is 1. The van der Waals surface area contributed by atoms with Crippen molar-refractivity contribution in [1.29, 1.82) is 0 Å². The van der Waals surface area contributed by atoms with Crippen LogP contribution in [0, 0.1) is 0 Å². The van der Waals surface area contributed by atoms with Gasteiger partial charge in [-0.25, -0.2) is 4.79 Å². The fourth-order valence-corrected chi connectivity index (χ4v) is 2.02. The van der Waals surface area contributed by atoms with Crippen LogP contribution >= 0.6 is 0 Å². The summed E-state index contributed by atoms with van der Waals surface area (Å²) in [5.41, 5.74) is 6.13. The summed E-state index contributed by atoms with van der Waals surface area (Å²) in [6, 6.07) is 13.9. The van der Waals surface area contributed by atoms with Crippen molar-refractivity contribution in [2.45, 2.75) is 19.8 Å². The number of ether oxygens (including phenoxy) is 3. The highest BCUT2D eigenvalue weighted by Gasteiger charge is 2.14. The van der Waals surface area contributed by atoms with Crippen LogP contribution < -0.4 is 15.2 Å². The third kappa shape index (κ3) is 5.53. The number of hydrogen-bond acceptors (Lipinski definition) is 5. The second kappa shape index (κ2) is 9.32. The Labute approximate surface area is 146 Å². The number of carbonyl (C=O) groups is 2. The monoisotopic (exact) mass is 343 g/mol. The fraction of sp³-hybridized carbons (Fsp3) is 0.263. The minimum atomic E-state index is -0.465. The summed E-state index contributed by atoms with van der Waals surface area (Å²) in [6.07, 6.45) is 1.97. The van der Waals surface area contributed by atoms with E-state index in [1.54, 1.807) is 30.3 Å². The average Bonchev–Trinajstić information content (AvgIpc) is 3.11. The van der Waals surface area contributed by atoms with Gasteiger partial charge >= 0.3 is 5.97 Å². The van der Waals surface area contributed by atoms with Gasteiger partial charge in [0.1, 0.15) is 0 Å². The lowest BCUT2D eigenvalue weighted by atomic mass is 10.2. The van der Waals surface area contributed by atoms with E-state index in [-0.39, 0.29) is 12.8 Å². The maximum Gasteiger partial charge on any atom is 0.338 e. The minimum Gasteiger partial charge on any atom is -0.462 e. The number of primary amides is 1.